The maximum atomic E-state index is 13.2. The summed E-state index contributed by atoms with van der Waals surface area (Å²) in [5, 5.41) is 9.48. The monoisotopic (exact) mass is 429 g/mol. The molecule has 2 heterocycles. The second kappa shape index (κ2) is 7.02. The third kappa shape index (κ3) is 3.15. The number of carbonyl (C=O) groups is 1. The van der Waals surface area contributed by atoms with Gasteiger partial charge in [-0.05, 0) is 43.2 Å². The van der Waals surface area contributed by atoms with Gasteiger partial charge < -0.3 is 5.84 Å². The first-order valence-corrected chi connectivity index (χ1v) is 11.0. The molecule has 9 heteroatoms. The second-order valence-electron chi connectivity index (χ2n) is 6.68. The van der Waals surface area contributed by atoms with E-state index in [2.05, 4.69) is 10.2 Å². The van der Waals surface area contributed by atoms with Gasteiger partial charge in [-0.1, -0.05) is 47.3 Å². The van der Waals surface area contributed by atoms with Gasteiger partial charge in [0.15, 0.2) is 5.82 Å². The highest BCUT2D eigenvalue weighted by Crippen LogP contribution is 2.49. The number of hydrogen-bond acceptors (Lipinski definition) is 6. The lowest BCUT2D eigenvalue weighted by Crippen LogP contribution is -2.30. The fourth-order valence-electron chi connectivity index (χ4n) is 3.19. The minimum absolute atomic E-state index is 0.0581. The molecule has 0 radical (unpaired) electrons. The van der Waals surface area contributed by atoms with Crippen LogP contribution >= 0.6 is 35.1 Å². The lowest BCUT2D eigenvalue weighted by Gasteiger charge is -2.31. The maximum Gasteiger partial charge on any atom is 0.242 e. The molecule has 2 N–H and O–H groups in total. The van der Waals surface area contributed by atoms with Gasteiger partial charge in [-0.25, -0.2) is 4.68 Å². The fraction of sp³-hybridized carbons (Fsp3) is 0.211. The van der Waals surface area contributed by atoms with Gasteiger partial charge >= 0.3 is 0 Å². The number of aromatic nitrogens is 3. The Bertz CT molecular complexity index is 1080. The predicted molar refractivity (Wildman–Crippen MR) is 112 cm³/mol. The summed E-state index contributed by atoms with van der Waals surface area (Å²) in [4.78, 5) is 17.0. The van der Waals surface area contributed by atoms with Crippen LogP contribution in [0, 0.1) is 0 Å². The molecule has 2 aromatic carbocycles. The van der Waals surface area contributed by atoms with Crippen LogP contribution in [0.4, 0.5) is 11.4 Å². The molecule has 0 bridgehead atoms. The van der Waals surface area contributed by atoms with Crippen LogP contribution in [-0.2, 0) is 4.79 Å². The van der Waals surface area contributed by atoms with Crippen molar-refractivity contribution in [3.63, 3.8) is 0 Å². The zero-order valence-electron chi connectivity index (χ0n) is 14.7. The van der Waals surface area contributed by atoms with Gasteiger partial charge in [0, 0.05) is 20.7 Å². The summed E-state index contributed by atoms with van der Waals surface area (Å²) < 4.78 is 1.51. The summed E-state index contributed by atoms with van der Waals surface area (Å²) in [6.45, 7) is 0. The number of para-hydroxylation sites is 1. The van der Waals surface area contributed by atoms with Crippen LogP contribution in [0.2, 0.25) is 5.02 Å². The lowest BCUT2D eigenvalue weighted by molar-refractivity contribution is -0.115. The van der Waals surface area contributed by atoms with Crippen molar-refractivity contribution in [2.75, 3.05) is 16.5 Å². The van der Waals surface area contributed by atoms with Crippen LogP contribution < -0.4 is 10.7 Å². The molecule has 1 aliphatic heterocycles. The normalized spacial score (nSPS) is 15.2. The number of fused-ring (bicyclic) bond motifs is 2. The molecule has 5 rings (SSSR count). The SMILES string of the molecule is Nn1c(SCC(=O)N2c3ccccc3Sc3ccc(Cl)cc32)nnc1C1CC1. The first-order chi connectivity index (χ1) is 13.6. The summed E-state index contributed by atoms with van der Waals surface area (Å²) >= 11 is 9.15. The van der Waals surface area contributed by atoms with E-state index in [1.54, 1.807) is 16.7 Å². The Balaban J connectivity index is 1.43. The average Bonchev–Trinajstić information content (AvgIpc) is 3.47. The Hall–Kier alpha value is -2.16. The molecule has 2 aliphatic rings. The Kier molecular flexibility index (Phi) is 4.49. The van der Waals surface area contributed by atoms with Crippen LogP contribution in [0.15, 0.2) is 57.4 Å². The first kappa shape index (κ1) is 17.9. The highest BCUT2D eigenvalue weighted by atomic mass is 35.5. The first-order valence-electron chi connectivity index (χ1n) is 8.84. The molecule has 28 heavy (non-hydrogen) atoms. The molecule has 0 atom stereocenters. The van der Waals surface area contributed by atoms with E-state index in [9.17, 15) is 4.79 Å². The number of rotatable bonds is 4. The molecule has 1 saturated carbocycles. The van der Waals surface area contributed by atoms with Crippen molar-refractivity contribution >= 4 is 52.4 Å². The van der Waals surface area contributed by atoms with E-state index < -0.39 is 0 Å². The molecule has 0 spiro atoms. The molecule has 3 aromatic rings. The van der Waals surface area contributed by atoms with Gasteiger partial charge in [0.2, 0.25) is 11.1 Å². The largest absolute Gasteiger partial charge is 0.336 e. The smallest absolute Gasteiger partial charge is 0.242 e. The number of amides is 1. The number of hydrogen-bond donors (Lipinski definition) is 1. The minimum atomic E-state index is -0.0581. The molecule has 1 amide bonds. The Morgan fingerprint density at radius 1 is 1.18 bits per heavy atom. The highest BCUT2D eigenvalue weighted by Gasteiger charge is 2.31. The van der Waals surface area contributed by atoms with Crippen molar-refractivity contribution < 1.29 is 4.79 Å². The molecule has 0 saturated heterocycles. The molecular formula is C19H16ClN5OS2. The van der Waals surface area contributed by atoms with Gasteiger partial charge in [0.25, 0.3) is 0 Å². The zero-order valence-corrected chi connectivity index (χ0v) is 17.1. The summed E-state index contributed by atoms with van der Waals surface area (Å²) in [6.07, 6.45) is 2.19. The van der Waals surface area contributed by atoms with Gasteiger partial charge in [-0.2, -0.15) is 0 Å². The predicted octanol–water partition coefficient (Wildman–Crippen LogP) is 4.44. The van der Waals surface area contributed by atoms with Crippen molar-refractivity contribution in [2.45, 2.75) is 33.7 Å². The van der Waals surface area contributed by atoms with Crippen molar-refractivity contribution in [3.05, 3.63) is 53.3 Å². The van der Waals surface area contributed by atoms with Gasteiger partial charge in [-0.15, -0.1) is 10.2 Å². The average molecular weight is 430 g/mol. The maximum absolute atomic E-state index is 13.2. The molecule has 1 fully saturated rings. The highest BCUT2D eigenvalue weighted by molar-refractivity contribution is 8.00. The fourth-order valence-corrected chi connectivity index (χ4v) is 5.11. The van der Waals surface area contributed by atoms with Crippen molar-refractivity contribution in [3.8, 4) is 0 Å². The number of benzene rings is 2. The van der Waals surface area contributed by atoms with Gasteiger partial charge in [0.05, 0.1) is 17.1 Å². The van der Waals surface area contributed by atoms with E-state index in [4.69, 9.17) is 17.4 Å². The molecule has 0 unspecified atom stereocenters. The summed E-state index contributed by atoms with van der Waals surface area (Å²) in [5.41, 5.74) is 1.66. The summed E-state index contributed by atoms with van der Waals surface area (Å²) in [7, 11) is 0. The number of nitrogen functional groups attached to an aromatic ring is 1. The van der Waals surface area contributed by atoms with E-state index in [0.29, 0.717) is 16.1 Å². The summed E-state index contributed by atoms with van der Waals surface area (Å²) in [6, 6.07) is 13.5. The summed E-state index contributed by atoms with van der Waals surface area (Å²) in [5.74, 6) is 7.45. The number of thioether (sulfide) groups is 1. The van der Waals surface area contributed by atoms with Crippen LogP contribution in [0.3, 0.4) is 0 Å². The van der Waals surface area contributed by atoms with E-state index in [-0.39, 0.29) is 11.7 Å². The van der Waals surface area contributed by atoms with Gasteiger partial charge in [-0.3, -0.25) is 9.69 Å². The Labute approximate surface area is 175 Å². The van der Waals surface area contributed by atoms with E-state index >= 15 is 0 Å². The van der Waals surface area contributed by atoms with Gasteiger partial charge in [0.1, 0.15) is 0 Å². The second-order valence-corrected chi connectivity index (χ2v) is 9.15. The topological polar surface area (TPSA) is 77.0 Å². The van der Waals surface area contributed by atoms with Crippen LogP contribution in [0.1, 0.15) is 24.6 Å². The van der Waals surface area contributed by atoms with Crippen molar-refractivity contribution in [1.29, 1.82) is 0 Å². The quantitative estimate of drug-likeness (QED) is 0.488. The van der Waals surface area contributed by atoms with E-state index in [1.165, 1.54) is 16.4 Å². The van der Waals surface area contributed by atoms with Crippen LogP contribution in [0.5, 0.6) is 0 Å². The van der Waals surface area contributed by atoms with Crippen molar-refractivity contribution in [1.82, 2.24) is 14.9 Å². The van der Waals surface area contributed by atoms with Crippen LogP contribution in [-0.4, -0.2) is 26.5 Å². The number of halogens is 1. The minimum Gasteiger partial charge on any atom is -0.336 e. The van der Waals surface area contributed by atoms with E-state index in [0.717, 1.165) is 39.8 Å². The molecule has 1 aromatic heterocycles. The van der Waals surface area contributed by atoms with E-state index in [1.807, 2.05) is 42.5 Å². The standard InChI is InChI=1S/C19H16ClN5OS2/c20-12-7-8-16-14(9-12)24(13-3-1-2-4-15(13)28-16)17(26)10-27-19-23-22-18(25(19)21)11-5-6-11/h1-4,7-9,11H,5-6,10,21H2. The lowest BCUT2D eigenvalue weighted by atomic mass is 10.2. The number of nitrogens with two attached hydrogens (primary N) is 1. The number of nitrogens with zero attached hydrogens (tertiary/aromatic N) is 4. The number of carbonyl (C=O) groups excluding carboxylic acids is 1. The Morgan fingerprint density at radius 3 is 2.79 bits per heavy atom. The molecule has 6 nitrogen and oxygen atoms in total. The number of anilines is 2. The zero-order chi connectivity index (χ0) is 19.3. The Morgan fingerprint density at radius 2 is 1.96 bits per heavy atom. The third-order valence-corrected chi connectivity index (χ3v) is 6.99. The third-order valence-electron chi connectivity index (χ3n) is 4.70. The van der Waals surface area contributed by atoms with Crippen molar-refractivity contribution in [2.24, 2.45) is 0 Å². The molecular weight excluding hydrogens is 414 g/mol. The molecule has 142 valence electrons. The van der Waals surface area contributed by atoms with Crippen LogP contribution in [0.25, 0.3) is 0 Å². The molecule has 1 aliphatic carbocycles.